The maximum atomic E-state index is 11.5. The van der Waals surface area contributed by atoms with Crippen LogP contribution < -0.4 is 5.32 Å². The Labute approximate surface area is 79.9 Å². The summed E-state index contributed by atoms with van der Waals surface area (Å²) in [6.07, 6.45) is 1.17. The molecule has 0 aromatic rings. The van der Waals surface area contributed by atoms with Crippen LogP contribution >= 0.6 is 0 Å². The highest BCUT2D eigenvalue weighted by atomic mass is 16.2. The number of nitrogens with one attached hydrogen (secondary N) is 1. The zero-order valence-electron chi connectivity index (χ0n) is 8.55. The largest absolute Gasteiger partial charge is 0.341 e. The first-order valence-electron chi connectivity index (χ1n) is 4.85. The minimum atomic E-state index is 0.268. The molecule has 1 fully saturated rings. The van der Waals surface area contributed by atoms with Crippen LogP contribution in [0.5, 0.6) is 0 Å². The van der Waals surface area contributed by atoms with Gasteiger partial charge < -0.3 is 10.2 Å². The molecule has 1 aliphatic heterocycles. The Morgan fingerprint density at radius 1 is 1.54 bits per heavy atom. The molecule has 1 rings (SSSR count). The van der Waals surface area contributed by atoms with Crippen LogP contribution in [0.2, 0.25) is 0 Å². The third-order valence-electron chi connectivity index (χ3n) is 2.36. The Morgan fingerprint density at radius 2 is 2.23 bits per heavy atom. The summed E-state index contributed by atoms with van der Waals surface area (Å²) < 4.78 is 0. The number of hydrogen-bond donors (Lipinski definition) is 1. The predicted octanol–water partition coefficient (Wildman–Crippen LogP) is -0.630. The zero-order valence-corrected chi connectivity index (χ0v) is 8.55. The van der Waals surface area contributed by atoms with Gasteiger partial charge in [0.25, 0.3) is 0 Å². The van der Waals surface area contributed by atoms with Crippen LogP contribution in [0.25, 0.3) is 0 Å². The number of hydrogen-bond acceptors (Lipinski definition) is 3. The van der Waals surface area contributed by atoms with E-state index in [9.17, 15) is 4.79 Å². The first kappa shape index (κ1) is 10.5. The summed E-state index contributed by atoms with van der Waals surface area (Å²) >= 11 is 0. The Bertz CT molecular complexity index is 168. The molecule has 1 amide bonds. The third kappa shape index (κ3) is 3.32. The van der Waals surface area contributed by atoms with Crippen LogP contribution in [0.15, 0.2) is 0 Å². The van der Waals surface area contributed by atoms with Gasteiger partial charge in [-0.05, 0) is 20.5 Å². The number of carbonyl (C=O) groups is 1. The van der Waals surface area contributed by atoms with Gasteiger partial charge in [0, 0.05) is 26.2 Å². The molecule has 0 aliphatic carbocycles. The monoisotopic (exact) mass is 185 g/mol. The Balaban J connectivity index is 2.11. The molecule has 0 aromatic carbocycles. The molecule has 1 N–H and O–H groups in total. The lowest BCUT2D eigenvalue weighted by atomic mass is 10.2. The van der Waals surface area contributed by atoms with Gasteiger partial charge in [-0.2, -0.15) is 0 Å². The topological polar surface area (TPSA) is 35.6 Å². The van der Waals surface area contributed by atoms with E-state index in [0.717, 1.165) is 26.2 Å². The molecule has 0 spiro atoms. The van der Waals surface area contributed by atoms with Crippen LogP contribution in [-0.2, 0) is 4.79 Å². The second-order valence-electron chi connectivity index (χ2n) is 3.58. The van der Waals surface area contributed by atoms with E-state index in [4.69, 9.17) is 0 Å². The predicted molar refractivity (Wildman–Crippen MR) is 52.6 cm³/mol. The van der Waals surface area contributed by atoms with Crippen molar-refractivity contribution in [3.05, 3.63) is 0 Å². The van der Waals surface area contributed by atoms with E-state index in [1.807, 2.05) is 19.0 Å². The lowest BCUT2D eigenvalue weighted by Gasteiger charge is -2.32. The lowest BCUT2D eigenvalue weighted by molar-refractivity contribution is -0.135. The first-order chi connectivity index (χ1) is 6.24. The normalized spacial score (nSPS) is 16.1. The number of amides is 1. The molecule has 1 saturated heterocycles. The minimum Gasteiger partial charge on any atom is -0.341 e. The molecule has 0 radical (unpaired) electrons. The van der Waals surface area contributed by atoms with Gasteiger partial charge in [-0.3, -0.25) is 9.69 Å². The van der Waals surface area contributed by atoms with Crippen molar-refractivity contribution in [1.29, 1.82) is 0 Å². The molecule has 13 heavy (non-hydrogen) atoms. The van der Waals surface area contributed by atoms with E-state index >= 15 is 0 Å². The SMILES string of the molecule is CNCCN(C)CC(=O)N1CCC1. The zero-order chi connectivity index (χ0) is 9.68. The summed E-state index contributed by atoms with van der Waals surface area (Å²) in [6.45, 7) is 4.33. The van der Waals surface area contributed by atoms with Crippen LogP contribution in [0.1, 0.15) is 6.42 Å². The van der Waals surface area contributed by atoms with E-state index < -0.39 is 0 Å². The summed E-state index contributed by atoms with van der Waals surface area (Å²) in [6, 6.07) is 0. The van der Waals surface area contributed by atoms with Gasteiger partial charge >= 0.3 is 0 Å². The van der Waals surface area contributed by atoms with Crippen molar-refractivity contribution in [3.8, 4) is 0 Å². The fraction of sp³-hybridized carbons (Fsp3) is 0.889. The Kier molecular flexibility index (Phi) is 4.18. The molecule has 1 aliphatic rings. The van der Waals surface area contributed by atoms with Crippen molar-refractivity contribution >= 4 is 5.91 Å². The molecule has 76 valence electrons. The molecular weight excluding hydrogens is 166 g/mol. The van der Waals surface area contributed by atoms with Crippen molar-refractivity contribution in [2.24, 2.45) is 0 Å². The van der Waals surface area contributed by atoms with Crippen LogP contribution in [0, 0.1) is 0 Å². The molecule has 0 aromatic heterocycles. The van der Waals surface area contributed by atoms with Crippen LogP contribution in [0.3, 0.4) is 0 Å². The second-order valence-corrected chi connectivity index (χ2v) is 3.58. The van der Waals surface area contributed by atoms with Crippen molar-refractivity contribution < 1.29 is 4.79 Å². The lowest BCUT2D eigenvalue weighted by Crippen LogP contribution is -2.47. The van der Waals surface area contributed by atoms with E-state index in [-0.39, 0.29) is 5.91 Å². The number of rotatable bonds is 5. The maximum Gasteiger partial charge on any atom is 0.236 e. The highest BCUT2D eigenvalue weighted by molar-refractivity contribution is 5.78. The summed E-state index contributed by atoms with van der Waals surface area (Å²) in [5.74, 6) is 0.268. The average molecular weight is 185 g/mol. The Morgan fingerprint density at radius 3 is 2.69 bits per heavy atom. The summed E-state index contributed by atoms with van der Waals surface area (Å²) in [7, 11) is 3.90. The average Bonchev–Trinajstić information content (AvgIpc) is 1.97. The van der Waals surface area contributed by atoms with Crippen LogP contribution in [-0.4, -0.2) is 62.5 Å². The molecular formula is C9H19N3O. The van der Waals surface area contributed by atoms with Crippen molar-refractivity contribution in [3.63, 3.8) is 0 Å². The van der Waals surface area contributed by atoms with Crippen molar-refractivity contribution in [1.82, 2.24) is 15.1 Å². The van der Waals surface area contributed by atoms with Gasteiger partial charge in [0.2, 0.25) is 5.91 Å². The quantitative estimate of drug-likeness (QED) is 0.619. The number of nitrogens with zero attached hydrogens (tertiary/aromatic N) is 2. The molecule has 4 heteroatoms. The number of carbonyl (C=O) groups excluding carboxylic acids is 1. The number of likely N-dealkylation sites (N-methyl/N-ethyl adjacent to an activating group) is 2. The molecule has 0 atom stereocenters. The molecule has 1 heterocycles. The maximum absolute atomic E-state index is 11.5. The van der Waals surface area contributed by atoms with Crippen LogP contribution in [0.4, 0.5) is 0 Å². The first-order valence-corrected chi connectivity index (χ1v) is 4.85. The van der Waals surface area contributed by atoms with Gasteiger partial charge in [0.15, 0.2) is 0 Å². The third-order valence-corrected chi connectivity index (χ3v) is 2.36. The smallest absolute Gasteiger partial charge is 0.236 e. The molecule has 4 nitrogen and oxygen atoms in total. The summed E-state index contributed by atoms with van der Waals surface area (Å²) in [5.41, 5.74) is 0. The van der Waals surface area contributed by atoms with Crippen molar-refractivity contribution in [2.45, 2.75) is 6.42 Å². The van der Waals surface area contributed by atoms with E-state index in [2.05, 4.69) is 10.2 Å². The fourth-order valence-corrected chi connectivity index (χ4v) is 1.28. The van der Waals surface area contributed by atoms with E-state index in [1.54, 1.807) is 0 Å². The molecule has 0 bridgehead atoms. The van der Waals surface area contributed by atoms with E-state index in [0.29, 0.717) is 6.54 Å². The fourth-order valence-electron chi connectivity index (χ4n) is 1.28. The van der Waals surface area contributed by atoms with Gasteiger partial charge in [-0.15, -0.1) is 0 Å². The highest BCUT2D eigenvalue weighted by Crippen LogP contribution is 2.05. The molecule has 0 saturated carbocycles. The second kappa shape index (κ2) is 5.19. The minimum absolute atomic E-state index is 0.268. The van der Waals surface area contributed by atoms with Gasteiger partial charge in [0.1, 0.15) is 0 Å². The standard InChI is InChI=1S/C9H19N3O/c1-10-4-7-11(2)8-9(13)12-5-3-6-12/h10H,3-8H2,1-2H3. The van der Waals surface area contributed by atoms with Crippen molar-refractivity contribution in [2.75, 3.05) is 46.8 Å². The highest BCUT2D eigenvalue weighted by Gasteiger charge is 2.20. The van der Waals surface area contributed by atoms with Gasteiger partial charge in [0.05, 0.1) is 6.54 Å². The van der Waals surface area contributed by atoms with E-state index in [1.165, 1.54) is 6.42 Å². The number of likely N-dealkylation sites (tertiary alicyclic amines) is 1. The summed E-state index contributed by atoms with van der Waals surface area (Å²) in [5, 5.41) is 3.06. The molecule has 0 unspecified atom stereocenters. The summed E-state index contributed by atoms with van der Waals surface area (Å²) in [4.78, 5) is 15.4. The van der Waals surface area contributed by atoms with Gasteiger partial charge in [-0.1, -0.05) is 0 Å². The Hall–Kier alpha value is -0.610. The van der Waals surface area contributed by atoms with Gasteiger partial charge in [-0.25, -0.2) is 0 Å².